The van der Waals surface area contributed by atoms with Crippen molar-refractivity contribution in [1.29, 1.82) is 0 Å². The number of hydrogen-bond donors (Lipinski definition) is 2. The van der Waals surface area contributed by atoms with Crippen molar-refractivity contribution in [3.63, 3.8) is 0 Å². The third kappa shape index (κ3) is 3.86. The highest BCUT2D eigenvalue weighted by molar-refractivity contribution is 5.94. The second-order valence-electron chi connectivity index (χ2n) is 3.24. The normalized spacial score (nSPS) is 10.1. The van der Waals surface area contributed by atoms with E-state index in [0.29, 0.717) is 25.5 Å². The van der Waals surface area contributed by atoms with Crippen molar-refractivity contribution in [2.24, 2.45) is 11.5 Å². The van der Waals surface area contributed by atoms with Crippen molar-refractivity contribution in [2.75, 3.05) is 26.6 Å². The summed E-state index contributed by atoms with van der Waals surface area (Å²) in [6.45, 7) is 2.95. The molecule has 0 aliphatic carbocycles. The Kier molecular flexibility index (Phi) is 5.89. The number of carbonyl (C=O) groups excluding carboxylic acids is 1. The van der Waals surface area contributed by atoms with Gasteiger partial charge in [-0.2, -0.15) is 0 Å². The fourth-order valence-electron chi connectivity index (χ4n) is 1.21. The van der Waals surface area contributed by atoms with Crippen LogP contribution in [0.5, 0.6) is 11.5 Å². The molecule has 1 amide bonds. The smallest absolute Gasteiger partial charge is 0.271 e. The molecule has 1 rings (SSSR count). The number of amides is 1. The van der Waals surface area contributed by atoms with Gasteiger partial charge in [0.25, 0.3) is 5.91 Å². The lowest BCUT2D eigenvalue weighted by Crippen LogP contribution is -2.18. The number of nitrogens with two attached hydrogens (primary N) is 2. The van der Waals surface area contributed by atoms with E-state index in [1.165, 1.54) is 6.20 Å². The van der Waals surface area contributed by atoms with Crippen LogP contribution in [0, 0.1) is 0 Å². The highest BCUT2D eigenvalue weighted by atomic mass is 16.7. The highest BCUT2D eigenvalue weighted by Crippen LogP contribution is 2.29. The van der Waals surface area contributed by atoms with Gasteiger partial charge in [0.05, 0.1) is 0 Å². The van der Waals surface area contributed by atoms with Gasteiger partial charge in [0, 0.05) is 25.4 Å². The van der Waals surface area contributed by atoms with Gasteiger partial charge in [-0.05, 0) is 6.92 Å². The van der Waals surface area contributed by atoms with Gasteiger partial charge in [0.1, 0.15) is 6.61 Å². The van der Waals surface area contributed by atoms with Gasteiger partial charge < -0.3 is 25.7 Å². The molecule has 0 aromatic carbocycles. The number of ether oxygens (including phenoxy) is 3. The SMILES string of the molecule is CCOCOc1c(OCCN)ccnc1C(N)=O. The van der Waals surface area contributed by atoms with Crippen LogP contribution in [0.15, 0.2) is 12.3 Å². The molecule has 0 aliphatic rings. The fraction of sp³-hybridized carbons (Fsp3) is 0.455. The molecule has 0 saturated carbocycles. The second kappa shape index (κ2) is 7.46. The lowest BCUT2D eigenvalue weighted by Gasteiger charge is -2.13. The van der Waals surface area contributed by atoms with E-state index >= 15 is 0 Å². The molecule has 0 unspecified atom stereocenters. The maximum absolute atomic E-state index is 11.2. The molecule has 1 aromatic heterocycles. The van der Waals surface area contributed by atoms with E-state index in [4.69, 9.17) is 25.7 Å². The number of primary amides is 1. The van der Waals surface area contributed by atoms with Crippen LogP contribution < -0.4 is 20.9 Å². The van der Waals surface area contributed by atoms with Gasteiger partial charge in [-0.1, -0.05) is 0 Å². The van der Waals surface area contributed by atoms with Crippen LogP contribution in [-0.2, 0) is 4.74 Å². The molecule has 0 spiro atoms. The van der Waals surface area contributed by atoms with Gasteiger partial charge in [-0.3, -0.25) is 4.79 Å². The molecular formula is C11H17N3O4. The van der Waals surface area contributed by atoms with Crippen molar-refractivity contribution in [3.05, 3.63) is 18.0 Å². The molecule has 7 heteroatoms. The van der Waals surface area contributed by atoms with Crippen molar-refractivity contribution in [1.82, 2.24) is 4.98 Å². The Morgan fingerprint density at radius 2 is 2.22 bits per heavy atom. The second-order valence-corrected chi connectivity index (χ2v) is 3.24. The van der Waals surface area contributed by atoms with Crippen LogP contribution in [-0.4, -0.2) is 37.4 Å². The predicted octanol–water partition coefficient (Wildman–Crippen LogP) is -0.109. The van der Waals surface area contributed by atoms with Gasteiger partial charge >= 0.3 is 0 Å². The maximum Gasteiger partial charge on any atom is 0.271 e. The predicted molar refractivity (Wildman–Crippen MR) is 64.4 cm³/mol. The minimum atomic E-state index is -0.695. The minimum Gasteiger partial charge on any atom is -0.488 e. The molecule has 18 heavy (non-hydrogen) atoms. The molecule has 1 aromatic rings. The first-order valence-corrected chi connectivity index (χ1v) is 5.52. The summed E-state index contributed by atoms with van der Waals surface area (Å²) < 4.78 is 15.7. The lowest BCUT2D eigenvalue weighted by atomic mass is 10.3. The first-order chi connectivity index (χ1) is 8.70. The molecule has 100 valence electrons. The van der Waals surface area contributed by atoms with Crippen molar-refractivity contribution in [3.8, 4) is 11.5 Å². The van der Waals surface area contributed by atoms with Gasteiger partial charge in [0.2, 0.25) is 0 Å². The number of pyridine rings is 1. The summed E-state index contributed by atoms with van der Waals surface area (Å²) in [7, 11) is 0. The van der Waals surface area contributed by atoms with Crippen molar-refractivity contribution >= 4 is 5.91 Å². The Morgan fingerprint density at radius 1 is 1.44 bits per heavy atom. The summed E-state index contributed by atoms with van der Waals surface area (Å²) in [4.78, 5) is 15.1. The topological polar surface area (TPSA) is 110 Å². The minimum absolute atomic E-state index is 0.00391. The first-order valence-electron chi connectivity index (χ1n) is 5.52. The van der Waals surface area contributed by atoms with Crippen LogP contribution in [0.1, 0.15) is 17.4 Å². The highest BCUT2D eigenvalue weighted by Gasteiger charge is 2.17. The molecule has 1 heterocycles. The van der Waals surface area contributed by atoms with Crippen molar-refractivity contribution < 1.29 is 19.0 Å². The average Bonchev–Trinajstić information content (AvgIpc) is 2.37. The number of aromatic nitrogens is 1. The molecular weight excluding hydrogens is 238 g/mol. The number of nitrogens with zero attached hydrogens (tertiary/aromatic N) is 1. The molecule has 0 bridgehead atoms. The van der Waals surface area contributed by atoms with E-state index in [2.05, 4.69) is 4.98 Å². The first kappa shape index (κ1) is 14.2. The van der Waals surface area contributed by atoms with Crippen molar-refractivity contribution in [2.45, 2.75) is 6.92 Å². The number of rotatable bonds is 8. The van der Waals surface area contributed by atoms with E-state index in [1.54, 1.807) is 6.07 Å². The molecule has 0 saturated heterocycles. The number of carbonyl (C=O) groups is 1. The molecule has 4 N–H and O–H groups in total. The fourth-order valence-corrected chi connectivity index (χ4v) is 1.21. The Bertz CT molecular complexity index is 398. The van der Waals surface area contributed by atoms with Crippen LogP contribution in [0.2, 0.25) is 0 Å². The number of hydrogen-bond acceptors (Lipinski definition) is 6. The van der Waals surface area contributed by atoms with E-state index in [1.807, 2.05) is 6.92 Å². The van der Waals surface area contributed by atoms with E-state index in [0.717, 1.165) is 0 Å². The largest absolute Gasteiger partial charge is 0.488 e. The van der Waals surface area contributed by atoms with E-state index in [9.17, 15) is 4.79 Å². The van der Waals surface area contributed by atoms with Crippen LogP contribution >= 0.6 is 0 Å². The standard InChI is InChI=1S/C11H17N3O4/c1-2-16-7-18-10-8(17-6-4-12)3-5-14-9(10)11(13)15/h3,5H,2,4,6-7,12H2,1H3,(H2,13,15). The summed E-state index contributed by atoms with van der Waals surface area (Å²) in [6, 6.07) is 1.57. The summed E-state index contributed by atoms with van der Waals surface area (Å²) in [6.07, 6.45) is 1.42. The third-order valence-electron chi connectivity index (χ3n) is 1.97. The van der Waals surface area contributed by atoms with Crippen LogP contribution in [0.4, 0.5) is 0 Å². The van der Waals surface area contributed by atoms with Crippen LogP contribution in [0.25, 0.3) is 0 Å². The lowest BCUT2D eigenvalue weighted by molar-refractivity contribution is 0.0198. The maximum atomic E-state index is 11.2. The molecule has 0 radical (unpaired) electrons. The van der Waals surface area contributed by atoms with Crippen LogP contribution in [0.3, 0.4) is 0 Å². The summed E-state index contributed by atoms with van der Waals surface area (Å²) in [5, 5.41) is 0. The monoisotopic (exact) mass is 255 g/mol. The summed E-state index contributed by atoms with van der Waals surface area (Å²) >= 11 is 0. The third-order valence-corrected chi connectivity index (χ3v) is 1.97. The zero-order valence-electron chi connectivity index (χ0n) is 10.2. The van der Waals surface area contributed by atoms with Gasteiger partial charge in [-0.15, -0.1) is 0 Å². The zero-order chi connectivity index (χ0) is 13.4. The molecule has 0 atom stereocenters. The quantitative estimate of drug-likeness (QED) is 0.495. The average molecular weight is 255 g/mol. The Labute approximate surface area is 105 Å². The zero-order valence-corrected chi connectivity index (χ0v) is 10.2. The Balaban J connectivity index is 2.93. The Hall–Kier alpha value is -1.86. The van der Waals surface area contributed by atoms with E-state index < -0.39 is 5.91 Å². The van der Waals surface area contributed by atoms with Gasteiger partial charge in [-0.25, -0.2) is 4.98 Å². The molecule has 0 aliphatic heterocycles. The van der Waals surface area contributed by atoms with E-state index in [-0.39, 0.29) is 18.2 Å². The summed E-state index contributed by atoms with van der Waals surface area (Å²) in [5.41, 5.74) is 10.6. The molecule has 7 nitrogen and oxygen atoms in total. The Morgan fingerprint density at radius 3 is 2.83 bits per heavy atom. The summed E-state index contributed by atoms with van der Waals surface area (Å²) in [5.74, 6) is -0.157. The molecule has 0 fully saturated rings. The van der Waals surface area contributed by atoms with Gasteiger partial charge in [0.15, 0.2) is 24.0 Å².